The van der Waals surface area contributed by atoms with Gasteiger partial charge < -0.3 is 9.90 Å². The first-order valence-electron chi connectivity index (χ1n) is 5.81. The van der Waals surface area contributed by atoms with Crippen molar-refractivity contribution in [2.45, 2.75) is 51.9 Å². The largest absolute Gasteiger partial charge is 0.545 e. The lowest BCUT2D eigenvalue weighted by molar-refractivity contribution is -0.297. The molecule has 0 spiro atoms. The fourth-order valence-electron chi connectivity index (χ4n) is 1.35. The van der Waals surface area contributed by atoms with Crippen molar-refractivity contribution in [1.82, 2.24) is 0 Å². The highest BCUT2D eigenvalue weighted by Gasteiger charge is 1.87. The maximum atomic E-state index is 10.0. The van der Waals surface area contributed by atoms with E-state index in [0.717, 1.165) is 12.5 Å². The van der Waals surface area contributed by atoms with Gasteiger partial charge in [0.15, 0.2) is 0 Å². The summed E-state index contributed by atoms with van der Waals surface area (Å²) in [6.45, 7) is 2.21. The van der Waals surface area contributed by atoms with Crippen LogP contribution >= 0.6 is 0 Å². The number of carbonyl (C=O) groups excluding carboxylic acids is 1. The molecule has 0 aromatic rings. The maximum absolute atomic E-state index is 10.0. The highest BCUT2D eigenvalue weighted by Crippen LogP contribution is 2.06. The van der Waals surface area contributed by atoms with Gasteiger partial charge in [0.1, 0.15) is 0 Å². The summed E-state index contributed by atoms with van der Waals surface area (Å²) in [4.78, 5) is 10.0. The van der Waals surface area contributed by atoms with Crippen molar-refractivity contribution in [1.29, 1.82) is 0 Å². The predicted octanol–water partition coefficient (Wildman–Crippen LogP) is 2.60. The Morgan fingerprint density at radius 3 is 2.40 bits per heavy atom. The second kappa shape index (κ2) is 11.0. The second-order valence-electron chi connectivity index (χ2n) is 3.66. The van der Waals surface area contributed by atoms with E-state index in [4.69, 9.17) is 0 Å². The third-order valence-electron chi connectivity index (χ3n) is 2.20. The fourth-order valence-corrected chi connectivity index (χ4v) is 1.35. The van der Waals surface area contributed by atoms with Crippen LogP contribution in [0.4, 0.5) is 0 Å². The third kappa shape index (κ3) is 12.9. The molecule has 0 N–H and O–H groups in total. The highest BCUT2D eigenvalue weighted by molar-refractivity contribution is 5.77. The molecule has 0 rings (SSSR count). The molecule has 0 fully saturated rings. The number of rotatable bonds is 9. The van der Waals surface area contributed by atoms with Crippen molar-refractivity contribution in [3.8, 4) is 0 Å². The molecule has 86 valence electrons. The molecule has 0 bridgehead atoms. The first-order chi connectivity index (χ1) is 7.27. The molecule has 0 aliphatic heterocycles. The molecule has 0 aliphatic rings. The maximum Gasteiger partial charge on any atom is 0.0642 e. The van der Waals surface area contributed by atoms with Gasteiger partial charge in [0.25, 0.3) is 0 Å². The Morgan fingerprint density at radius 2 is 1.73 bits per heavy atom. The minimum Gasteiger partial charge on any atom is -0.545 e. The van der Waals surface area contributed by atoms with Crippen molar-refractivity contribution in [3.05, 3.63) is 24.3 Å². The minimum atomic E-state index is -1.14. The predicted molar refractivity (Wildman–Crippen MR) is 61.3 cm³/mol. The van der Waals surface area contributed by atoms with E-state index in [1.54, 1.807) is 6.08 Å². The van der Waals surface area contributed by atoms with Crippen LogP contribution in [0.2, 0.25) is 0 Å². The Hall–Kier alpha value is -1.05. The van der Waals surface area contributed by atoms with Crippen molar-refractivity contribution < 1.29 is 9.90 Å². The summed E-state index contributed by atoms with van der Waals surface area (Å²) < 4.78 is 0. The first-order valence-corrected chi connectivity index (χ1v) is 5.81. The summed E-state index contributed by atoms with van der Waals surface area (Å²) in [7, 11) is 0. The van der Waals surface area contributed by atoms with Crippen LogP contribution in [0.15, 0.2) is 24.3 Å². The molecule has 0 heterocycles. The van der Waals surface area contributed by atoms with Crippen LogP contribution in [0.3, 0.4) is 0 Å². The van der Waals surface area contributed by atoms with Crippen LogP contribution in [0, 0.1) is 0 Å². The van der Waals surface area contributed by atoms with Crippen molar-refractivity contribution in [3.63, 3.8) is 0 Å². The van der Waals surface area contributed by atoms with Gasteiger partial charge in [-0.15, -0.1) is 0 Å². The lowest BCUT2D eigenvalue weighted by atomic mass is 10.1. The van der Waals surface area contributed by atoms with E-state index < -0.39 is 5.97 Å². The van der Waals surface area contributed by atoms with Gasteiger partial charge >= 0.3 is 0 Å². The number of carboxylic acids is 1. The lowest BCUT2D eigenvalue weighted by Crippen LogP contribution is -2.18. The number of hydrogen-bond donors (Lipinski definition) is 0. The lowest BCUT2D eigenvalue weighted by Gasteiger charge is -1.97. The van der Waals surface area contributed by atoms with Gasteiger partial charge in [-0.1, -0.05) is 57.3 Å². The number of carboxylic acid groups (broad SMARTS) is 1. The summed E-state index contributed by atoms with van der Waals surface area (Å²) in [6, 6.07) is 0. The molecule has 2 nitrogen and oxygen atoms in total. The van der Waals surface area contributed by atoms with Gasteiger partial charge in [-0.2, -0.15) is 0 Å². The number of allylic oxidation sites excluding steroid dienone is 3. The summed E-state index contributed by atoms with van der Waals surface area (Å²) in [5, 5.41) is 10.0. The van der Waals surface area contributed by atoms with Gasteiger partial charge in [0.05, 0.1) is 5.97 Å². The zero-order chi connectivity index (χ0) is 11.4. The van der Waals surface area contributed by atoms with Crippen LogP contribution in [0.5, 0.6) is 0 Å². The van der Waals surface area contributed by atoms with Crippen LogP contribution in [-0.4, -0.2) is 5.97 Å². The average molecular weight is 209 g/mol. The molecule has 0 unspecified atom stereocenters. The van der Waals surface area contributed by atoms with E-state index in [9.17, 15) is 9.90 Å². The molecular formula is C13H21O2-. The Kier molecular flexibility index (Phi) is 10.3. The van der Waals surface area contributed by atoms with Gasteiger partial charge in [0.2, 0.25) is 0 Å². The van der Waals surface area contributed by atoms with Crippen LogP contribution < -0.4 is 5.11 Å². The number of carbonyl (C=O) groups is 1. The summed E-state index contributed by atoms with van der Waals surface area (Å²) >= 11 is 0. The van der Waals surface area contributed by atoms with Gasteiger partial charge in [-0.3, -0.25) is 0 Å². The molecule has 0 aliphatic carbocycles. The zero-order valence-electron chi connectivity index (χ0n) is 9.58. The topological polar surface area (TPSA) is 40.1 Å². The summed E-state index contributed by atoms with van der Waals surface area (Å²) in [5.74, 6) is -1.14. The van der Waals surface area contributed by atoms with E-state index >= 15 is 0 Å². The first kappa shape index (κ1) is 13.9. The van der Waals surface area contributed by atoms with Crippen LogP contribution in [0.25, 0.3) is 0 Å². The molecule has 0 saturated carbocycles. The standard InChI is InChI=1S/C13H22O2/c1-2-3-4-5-6-7-8-9-10-11-12-13(14)15/h9-12H,2-8H2,1H3,(H,14,15)/p-1/b10-9+,12-11+. The van der Waals surface area contributed by atoms with Gasteiger partial charge in [-0.25, -0.2) is 0 Å². The minimum absolute atomic E-state index is 1.03. The quantitative estimate of drug-likeness (QED) is 0.333. The van der Waals surface area contributed by atoms with Crippen LogP contribution in [-0.2, 0) is 4.79 Å². The number of aliphatic carboxylic acids is 1. The molecule has 0 aromatic heterocycles. The third-order valence-corrected chi connectivity index (χ3v) is 2.20. The second-order valence-corrected chi connectivity index (χ2v) is 3.66. The molecule has 0 aromatic carbocycles. The Morgan fingerprint density at radius 1 is 1.07 bits per heavy atom. The van der Waals surface area contributed by atoms with E-state index in [1.807, 2.05) is 6.08 Å². The molecule has 0 radical (unpaired) electrons. The number of unbranched alkanes of at least 4 members (excludes halogenated alkanes) is 6. The summed E-state index contributed by atoms with van der Waals surface area (Å²) in [5.41, 5.74) is 0. The Labute approximate surface area is 92.7 Å². The smallest absolute Gasteiger partial charge is 0.0642 e. The van der Waals surface area contributed by atoms with Gasteiger partial charge in [0, 0.05) is 0 Å². The van der Waals surface area contributed by atoms with E-state index in [0.29, 0.717) is 0 Å². The molecule has 0 atom stereocenters. The zero-order valence-corrected chi connectivity index (χ0v) is 9.58. The van der Waals surface area contributed by atoms with Crippen molar-refractivity contribution in [2.24, 2.45) is 0 Å². The Bertz CT molecular complexity index is 205. The monoisotopic (exact) mass is 209 g/mol. The van der Waals surface area contributed by atoms with E-state index in [1.165, 1.54) is 44.6 Å². The molecule has 0 saturated heterocycles. The van der Waals surface area contributed by atoms with Crippen molar-refractivity contribution in [2.75, 3.05) is 0 Å². The highest BCUT2D eigenvalue weighted by atomic mass is 16.4. The summed E-state index contributed by atoms with van der Waals surface area (Å²) in [6.07, 6.45) is 15.1. The van der Waals surface area contributed by atoms with E-state index in [2.05, 4.69) is 6.92 Å². The molecule has 15 heavy (non-hydrogen) atoms. The molecule has 0 amide bonds. The average Bonchev–Trinajstić information content (AvgIpc) is 2.20. The van der Waals surface area contributed by atoms with Crippen LogP contribution in [0.1, 0.15) is 51.9 Å². The van der Waals surface area contributed by atoms with E-state index in [-0.39, 0.29) is 0 Å². The van der Waals surface area contributed by atoms with Crippen molar-refractivity contribution >= 4 is 5.97 Å². The molecular weight excluding hydrogens is 188 g/mol. The number of hydrogen-bond acceptors (Lipinski definition) is 2. The normalized spacial score (nSPS) is 11.5. The Balaban J connectivity index is 3.20. The SMILES string of the molecule is CCCCCCCC/C=C/C=C/C(=O)[O-]. The van der Waals surface area contributed by atoms with Gasteiger partial charge in [-0.05, 0) is 18.9 Å². The fraction of sp³-hybridized carbons (Fsp3) is 0.615. The molecule has 2 heteroatoms.